The van der Waals surface area contributed by atoms with Crippen molar-refractivity contribution in [3.8, 4) is 22.3 Å². The summed E-state index contributed by atoms with van der Waals surface area (Å²) in [4.78, 5) is 2.55. The summed E-state index contributed by atoms with van der Waals surface area (Å²) >= 11 is 3.72. The number of thiophene rings is 2. The third-order valence-electron chi connectivity index (χ3n) is 5.71. The summed E-state index contributed by atoms with van der Waals surface area (Å²) in [6, 6.07) is 20.2. The lowest BCUT2D eigenvalue weighted by Crippen LogP contribution is -1.85. The van der Waals surface area contributed by atoms with E-state index in [2.05, 4.69) is 87.2 Å². The molecule has 4 aromatic rings. The number of aryl methyl sites for hydroxylation is 3. The second-order valence-corrected chi connectivity index (χ2v) is 10.3. The summed E-state index contributed by atoms with van der Waals surface area (Å²) in [6.07, 6.45) is 7.39. The van der Waals surface area contributed by atoms with Crippen LogP contribution in [-0.4, -0.2) is 0 Å². The van der Waals surface area contributed by atoms with Gasteiger partial charge in [-0.15, -0.1) is 22.7 Å². The van der Waals surface area contributed by atoms with Gasteiger partial charge in [0.15, 0.2) is 0 Å². The maximum absolute atomic E-state index is 3.42. The van der Waals surface area contributed by atoms with Crippen LogP contribution in [0.1, 0.15) is 66.7 Å². The SMILES string of the molecule is CCCCCc1ccc(-c2cc3sc(C#Cc4ccc(CCC)cc4)c(C)c3s2)cc1. The van der Waals surface area contributed by atoms with E-state index in [1.807, 2.05) is 22.7 Å². The van der Waals surface area contributed by atoms with Crippen molar-refractivity contribution in [1.29, 1.82) is 0 Å². The monoisotopic (exact) mass is 442 g/mol. The Morgan fingerprint density at radius 1 is 0.742 bits per heavy atom. The van der Waals surface area contributed by atoms with Gasteiger partial charge < -0.3 is 0 Å². The maximum Gasteiger partial charge on any atom is 0.0822 e. The van der Waals surface area contributed by atoms with Crippen LogP contribution in [0.5, 0.6) is 0 Å². The van der Waals surface area contributed by atoms with Gasteiger partial charge in [0.1, 0.15) is 0 Å². The van der Waals surface area contributed by atoms with Crippen LogP contribution in [0.25, 0.3) is 19.8 Å². The van der Waals surface area contributed by atoms with E-state index in [0.29, 0.717) is 0 Å². The fraction of sp³-hybridized carbons (Fsp3) is 0.310. The molecule has 0 aliphatic rings. The number of unbranched alkanes of at least 4 members (excludes halogenated alkanes) is 2. The zero-order chi connectivity index (χ0) is 21.6. The molecule has 0 atom stereocenters. The lowest BCUT2D eigenvalue weighted by molar-refractivity contribution is 0.717. The molecule has 2 aromatic heterocycles. The van der Waals surface area contributed by atoms with Crippen molar-refractivity contribution in [3.63, 3.8) is 0 Å². The highest BCUT2D eigenvalue weighted by Crippen LogP contribution is 2.41. The van der Waals surface area contributed by atoms with Crippen molar-refractivity contribution in [1.82, 2.24) is 0 Å². The quantitative estimate of drug-likeness (QED) is 0.198. The van der Waals surface area contributed by atoms with Crippen molar-refractivity contribution in [3.05, 3.63) is 81.7 Å². The van der Waals surface area contributed by atoms with Gasteiger partial charge in [0.05, 0.1) is 4.88 Å². The van der Waals surface area contributed by atoms with Crippen molar-refractivity contribution in [2.24, 2.45) is 0 Å². The number of fused-ring (bicyclic) bond motifs is 1. The summed E-state index contributed by atoms with van der Waals surface area (Å²) < 4.78 is 2.74. The fourth-order valence-corrected chi connectivity index (χ4v) is 6.30. The van der Waals surface area contributed by atoms with Crippen molar-refractivity contribution < 1.29 is 0 Å². The Hall–Kier alpha value is -2.34. The first-order chi connectivity index (χ1) is 15.2. The van der Waals surface area contributed by atoms with Crippen molar-refractivity contribution >= 4 is 32.1 Å². The minimum absolute atomic E-state index is 1.09. The molecule has 4 rings (SSSR count). The third kappa shape index (κ3) is 5.29. The molecule has 2 aromatic carbocycles. The van der Waals surface area contributed by atoms with E-state index in [9.17, 15) is 0 Å². The predicted octanol–water partition coefficient (Wildman–Crippen LogP) is 9.02. The van der Waals surface area contributed by atoms with E-state index in [1.165, 1.54) is 73.5 Å². The van der Waals surface area contributed by atoms with Gasteiger partial charge in [-0.25, -0.2) is 0 Å². The van der Waals surface area contributed by atoms with Gasteiger partial charge in [0.2, 0.25) is 0 Å². The minimum Gasteiger partial charge on any atom is -0.134 e. The van der Waals surface area contributed by atoms with Gasteiger partial charge >= 0.3 is 0 Å². The molecule has 2 heteroatoms. The lowest BCUT2D eigenvalue weighted by atomic mass is 10.0. The molecule has 2 heterocycles. The van der Waals surface area contributed by atoms with Crippen LogP contribution in [0.4, 0.5) is 0 Å². The number of rotatable bonds is 7. The molecule has 0 aliphatic heterocycles. The first-order valence-corrected chi connectivity index (χ1v) is 13.0. The van der Waals surface area contributed by atoms with Crippen LogP contribution in [-0.2, 0) is 12.8 Å². The Labute approximate surface area is 195 Å². The van der Waals surface area contributed by atoms with E-state index in [0.717, 1.165) is 12.0 Å². The van der Waals surface area contributed by atoms with E-state index in [1.54, 1.807) is 0 Å². The fourth-order valence-electron chi connectivity index (χ4n) is 3.85. The molecule has 0 saturated carbocycles. The number of benzene rings is 2. The molecule has 0 N–H and O–H groups in total. The molecule has 0 spiro atoms. The second-order valence-electron chi connectivity index (χ2n) is 8.21. The molecule has 0 saturated heterocycles. The zero-order valence-electron chi connectivity index (χ0n) is 18.8. The molecule has 158 valence electrons. The first kappa shape index (κ1) is 21.9. The molecule has 0 nitrogen and oxygen atoms in total. The van der Waals surface area contributed by atoms with Gasteiger partial charge in [0, 0.05) is 19.8 Å². The molecule has 0 amide bonds. The Kier molecular flexibility index (Phi) is 7.28. The van der Waals surface area contributed by atoms with Crippen LogP contribution in [0, 0.1) is 18.8 Å². The van der Waals surface area contributed by atoms with Crippen LogP contribution in [0.2, 0.25) is 0 Å². The Morgan fingerprint density at radius 3 is 2.13 bits per heavy atom. The van der Waals surface area contributed by atoms with Gasteiger partial charge in [-0.1, -0.05) is 81.3 Å². The van der Waals surface area contributed by atoms with E-state index >= 15 is 0 Å². The van der Waals surface area contributed by atoms with E-state index in [4.69, 9.17) is 0 Å². The smallest absolute Gasteiger partial charge is 0.0822 e. The Bertz CT molecular complexity index is 1190. The third-order valence-corrected chi connectivity index (χ3v) is 8.30. The van der Waals surface area contributed by atoms with Gasteiger partial charge in [0.25, 0.3) is 0 Å². The second kappa shape index (κ2) is 10.3. The average Bonchev–Trinajstić information content (AvgIpc) is 3.33. The topological polar surface area (TPSA) is 0 Å². The minimum atomic E-state index is 1.09. The summed E-state index contributed by atoms with van der Waals surface area (Å²) in [7, 11) is 0. The van der Waals surface area contributed by atoms with Gasteiger partial charge in [-0.2, -0.15) is 0 Å². The average molecular weight is 443 g/mol. The van der Waals surface area contributed by atoms with Gasteiger partial charge in [-0.3, -0.25) is 0 Å². The molecule has 0 unspecified atom stereocenters. The van der Waals surface area contributed by atoms with Gasteiger partial charge in [-0.05, 0) is 66.6 Å². The summed E-state index contributed by atoms with van der Waals surface area (Å²) in [5, 5.41) is 0. The molecule has 0 aliphatic carbocycles. The first-order valence-electron chi connectivity index (χ1n) is 11.4. The molecular weight excluding hydrogens is 412 g/mol. The normalized spacial score (nSPS) is 10.9. The van der Waals surface area contributed by atoms with Crippen LogP contribution in [0.15, 0.2) is 54.6 Å². The maximum atomic E-state index is 3.42. The standard InChI is InChI=1S/C29H30S2/c1-4-6-7-9-23-14-17-25(18-15-23)27-20-28-29(31-27)21(3)26(30-28)19-16-24-12-10-22(8-5-2)11-13-24/h10-15,17-18,20H,4-9H2,1-3H3. The molecule has 0 fully saturated rings. The molecular formula is C29H30S2. The Morgan fingerprint density at radius 2 is 1.45 bits per heavy atom. The van der Waals surface area contributed by atoms with E-state index < -0.39 is 0 Å². The largest absolute Gasteiger partial charge is 0.134 e. The Balaban J connectivity index is 1.51. The summed E-state index contributed by atoms with van der Waals surface area (Å²) in [5.74, 6) is 6.78. The molecule has 0 radical (unpaired) electrons. The van der Waals surface area contributed by atoms with E-state index in [-0.39, 0.29) is 0 Å². The number of hydrogen-bond donors (Lipinski definition) is 0. The van der Waals surface area contributed by atoms with Crippen LogP contribution in [0.3, 0.4) is 0 Å². The summed E-state index contributed by atoms with van der Waals surface area (Å²) in [6.45, 7) is 6.69. The van der Waals surface area contributed by atoms with Crippen molar-refractivity contribution in [2.45, 2.75) is 59.3 Å². The highest BCUT2D eigenvalue weighted by atomic mass is 32.1. The predicted molar refractivity (Wildman–Crippen MR) is 140 cm³/mol. The highest BCUT2D eigenvalue weighted by Gasteiger charge is 2.12. The lowest BCUT2D eigenvalue weighted by Gasteiger charge is -2.02. The van der Waals surface area contributed by atoms with Crippen LogP contribution < -0.4 is 0 Å². The highest BCUT2D eigenvalue weighted by molar-refractivity contribution is 7.30. The molecule has 0 bridgehead atoms. The molecule has 31 heavy (non-hydrogen) atoms. The number of hydrogen-bond acceptors (Lipinski definition) is 2. The van der Waals surface area contributed by atoms with Crippen LogP contribution >= 0.6 is 22.7 Å². The summed E-state index contributed by atoms with van der Waals surface area (Å²) in [5.41, 5.74) is 6.58. The van der Waals surface area contributed by atoms with Crippen molar-refractivity contribution in [2.75, 3.05) is 0 Å². The zero-order valence-corrected chi connectivity index (χ0v) is 20.4.